The van der Waals surface area contributed by atoms with Crippen LogP contribution in [0.5, 0.6) is 5.75 Å². The van der Waals surface area contributed by atoms with Crippen LogP contribution in [0.2, 0.25) is 0 Å². The van der Waals surface area contributed by atoms with E-state index in [2.05, 4.69) is 26.1 Å². The zero-order chi connectivity index (χ0) is 14.0. The summed E-state index contributed by atoms with van der Waals surface area (Å²) >= 11 is 3.39. The smallest absolute Gasteiger partial charge is 0.321 e. The Labute approximate surface area is 121 Å². The van der Waals surface area contributed by atoms with Gasteiger partial charge in [-0.05, 0) is 26.2 Å². The number of carbonyl (C=O) groups excluding carboxylic acids is 1. The standard InChI is InChI=1S/C13H18BrN3O2/c1-16(2)11-7-17(8-11)13(18)15-10-4-9(14)5-12(6-10)19-3/h4-6,11H,7-8H2,1-3H3,(H,15,18). The second-order valence-corrected chi connectivity index (χ2v) is 5.75. The van der Waals surface area contributed by atoms with Crippen LogP contribution in [0.3, 0.4) is 0 Å². The number of amides is 2. The van der Waals surface area contributed by atoms with Crippen LogP contribution in [0.4, 0.5) is 10.5 Å². The summed E-state index contributed by atoms with van der Waals surface area (Å²) in [5.74, 6) is 0.708. The van der Waals surface area contributed by atoms with Gasteiger partial charge in [0.2, 0.25) is 0 Å². The molecule has 0 aromatic heterocycles. The third kappa shape index (κ3) is 3.39. The summed E-state index contributed by atoms with van der Waals surface area (Å²) in [6, 6.07) is 5.89. The molecular weight excluding hydrogens is 310 g/mol. The van der Waals surface area contributed by atoms with Gasteiger partial charge >= 0.3 is 6.03 Å². The first-order valence-electron chi connectivity index (χ1n) is 6.06. The number of methoxy groups -OCH3 is 1. The molecule has 1 saturated heterocycles. The molecule has 1 aromatic carbocycles. The highest BCUT2D eigenvalue weighted by molar-refractivity contribution is 9.10. The molecule has 104 valence electrons. The molecule has 19 heavy (non-hydrogen) atoms. The minimum atomic E-state index is -0.0711. The summed E-state index contributed by atoms with van der Waals surface area (Å²) in [6.07, 6.45) is 0. The Morgan fingerprint density at radius 1 is 1.42 bits per heavy atom. The first kappa shape index (κ1) is 14.1. The van der Waals surface area contributed by atoms with Crippen LogP contribution in [0.15, 0.2) is 22.7 Å². The first-order valence-corrected chi connectivity index (χ1v) is 6.86. The van der Waals surface area contributed by atoms with Crippen LogP contribution < -0.4 is 10.1 Å². The van der Waals surface area contributed by atoms with Gasteiger partial charge in [0.25, 0.3) is 0 Å². The lowest BCUT2D eigenvalue weighted by atomic mass is 10.1. The molecule has 0 spiro atoms. The maximum Gasteiger partial charge on any atom is 0.321 e. The van der Waals surface area contributed by atoms with E-state index >= 15 is 0 Å². The van der Waals surface area contributed by atoms with E-state index < -0.39 is 0 Å². The Bertz CT molecular complexity index is 473. The zero-order valence-corrected chi connectivity index (χ0v) is 12.9. The first-order chi connectivity index (χ1) is 8.99. The number of nitrogens with zero attached hydrogens (tertiary/aromatic N) is 2. The predicted octanol–water partition coefficient (Wildman–Crippen LogP) is 2.24. The third-order valence-electron chi connectivity index (χ3n) is 3.24. The van der Waals surface area contributed by atoms with Crippen LogP contribution in [0.25, 0.3) is 0 Å². The molecule has 1 aromatic rings. The molecule has 2 amide bonds. The van der Waals surface area contributed by atoms with Crippen LogP contribution in [-0.4, -0.2) is 56.2 Å². The maximum atomic E-state index is 12.0. The lowest BCUT2D eigenvalue weighted by Crippen LogP contribution is -2.60. The number of anilines is 1. The Morgan fingerprint density at radius 3 is 2.68 bits per heavy atom. The molecule has 1 heterocycles. The van der Waals surface area contributed by atoms with Crippen molar-refractivity contribution in [1.29, 1.82) is 0 Å². The van der Waals surface area contributed by atoms with E-state index in [4.69, 9.17) is 4.74 Å². The molecule has 1 fully saturated rings. The molecule has 0 radical (unpaired) electrons. The van der Waals surface area contributed by atoms with Crippen LogP contribution in [-0.2, 0) is 0 Å². The van der Waals surface area contributed by atoms with Gasteiger partial charge < -0.3 is 19.9 Å². The van der Waals surface area contributed by atoms with Crippen molar-refractivity contribution in [2.24, 2.45) is 0 Å². The maximum absolute atomic E-state index is 12.0. The van der Waals surface area contributed by atoms with E-state index in [1.54, 1.807) is 18.1 Å². The zero-order valence-electron chi connectivity index (χ0n) is 11.3. The molecule has 0 atom stereocenters. The van der Waals surface area contributed by atoms with Crippen LogP contribution >= 0.6 is 15.9 Å². The highest BCUT2D eigenvalue weighted by atomic mass is 79.9. The molecule has 0 saturated carbocycles. The predicted molar refractivity (Wildman–Crippen MR) is 78.8 cm³/mol. The van der Waals surface area contributed by atoms with Gasteiger partial charge in [-0.1, -0.05) is 15.9 Å². The fourth-order valence-electron chi connectivity index (χ4n) is 1.90. The Morgan fingerprint density at radius 2 is 2.11 bits per heavy atom. The van der Waals surface area contributed by atoms with E-state index in [0.717, 1.165) is 23.2 Å². The molecule has 0 aliphatic carbocycles. The summed E-state index contributed by atoms with van der Waals surface area (Å²) in [5, 5.41) is 2.88. The molecule has 1 N–H and O–H groups in total. The van der Waals surface area contributed by atoms with Gasteiger partial charge in [-0.3, -0.25) is 0 Å². The largest absolute Gasteiger partial charge is 0.497 e. The Hall–Kier alpha value is -1.27. The summed E-state index contributed by atoms with van der Waals surface area (Å²) in [5.41, 5.74) is 0.726. The SMILES string of the molecule is COc1cc(Br)cc(NC(=O)N2CC(N(C)C)C2)c1. The minimum absolute atomic E-state index is 0.0711. The van der Waals surface area contributed by atoms with Crippen molar-refractivity contribution < 1.29 is 9.53 Å². The molecule has 6 heteroatoms. The molecule has 0 unspecified atom stereocenters. The second-order valence-electron chi connectivity index (χ2n) is 4.83. The van der Waals surface area contributed by atoms with Gasteiger partial charge in [0.05, 0.1) is 7.11 Å². The number of likely N-dealkylation sites (N-methyl/N-ethyl adjacent to an activating group) is 1. The lowest BCUT2D eigenvalue weighted by Gasteiger charge is -2.42. The van der Waals surface area contributed by atoms with Gasteiger partial charge in [0.15, 0.2) is 0 Å². The third-order valence-corrected chi connectivity index (χ3v) is 3.70. The van der Waals surface area contributed by atoms with Crippen molar-refractivity contribution in [3.8, 4) is 5.75 Å². The monoisotopic (exact) mass is 327 g/mol. The van der Waals surface area contributed by atoms with E-state index in [9.17, 15) is 4.79 Å². The normalized spacial score (nSPS) is 15.3. The Kier molecular flexibility index (Phi) is 4.31. The average molecular weight is 328 g/mol. The summed E-state index contributed by atoms with van der Waals surface area (Å²) in [7, 11) is 5.66. The van der Waals surface area contributed by atoms with E-state index in [0.29, 0.717) is 11.8 Å². The van der Waals surface area contributed by atoms with E-state index in [-0.39, 0.29) is 6.03 Å². The van der Waals surface area contributed by atoms with Gasteiger partial charge in [-0.25, -0.2) is 4.79 Å². The summed E-state index contributed by atoms with van der Waals surface area (Å²) in [6.45, 7) is 1.54. The van der Waals surface area contributed by atoms with Crippen molar-refractivity contribution in [2.45, 2.75) is 6.04 Å². The number of ether oxygens (including phenoxy) is 1. The number of hydrogen-bond acceptors (Lipinski definition) is 3. The van der Waals surface area contributed by atoms with Crippen molar-refractivity contribution in [3.05, 3.63) is 22.7 Å². The molecule has 1 aliphatic rings. The number of urea groups is 1. The Balaban J connectivity index is 1.95. The number of benzene rings is 1. The number of carbonyl (C=O) groups is 1. The van der Waals surface area contributed by atoms with Gasteiger partial charge in [-0.2, -0.15) is 0 Å². The van der Waals surface area contributed by atoms with Gasteiger partial charge in [0, 0.05) is 35.4 Å². The van der Waals surface area contributed by atoms with Crippen molar-refractivity contribution in [1.82, 2.24) is 9.80 Å². The van der Waals surface area contributed by atoms with Gasteiger partial charge in [0.1, 0.15) is 5.75 Å². The van der Waals surface area contributed by atoms with Crippen molar-refractivity contribution >= 4 is 27.6 Å². The topological polar surface area (TPSA) is 44.8 Å². The molecule has 5 nitrogen and oxygen atoms in total. The highest BCUT2D eigenvalue weighted by Crippen LogP contribution is 2.25. The molecule has 0 bridgehead atoms. The van der Waals surface area contributed by atoms with Crippen molar-refractivity contribution in [3.63, 3.8) is 0 Å². The summed E-state index contributed by atoms with van der Waals surface area (Å²) in [4.78, 5) is 15.9. The number of halogens is 1. The molecule has 2 rings (SSSR count). The number of hydrogen-bond donors (Lipinski definition) is 1. The average Bonchev–Trinajstić information content (AvgIpc) is 2.25. The fraction of sp³-hybridized carbons (Fsp3) is 0.462. The van der Waals surface area contributed by atoms with E-state index in [1.807, 2.05) is 26.2 Å². The number of rotatable bonds is 3. The molecule has 1 aliphatic heterocycles. The molecular formula is C13H18BrN3O2. The fourth-order valence-corrected chi connectivity index (χ4v) is 2.38. The highest BCUT2D eigenvalue weighted by Gasteiger charge is 2.31. The number of likely N-dealkylation sites (tertiary alicyclic amines) is 1. The second kappa shape index (κ2) is 5.79. The van der Waals surface area contributed by atoms with E-state index in [1.165, 1.54) is 0 Å². The van der Waals surface area contributed by atoms with Gasteiger partial charge in [-0.15, -0.1) is 0 Å². The minimum Gasteiger partial charge on any atom is -0.497 e. The quantitative estimate of drug-likeness (QED) is 0.926. The summed E-state index contributed by atoms with van der Waals surface area (Å²) < 4.78 is 6.04. The number of nitrogens with one attached hydrogen (secondary N) is 1. The van der Waals surface area contributed by atoms with Crippen molar-refractivity contribution in [2.75, 3.05) is 39.6 Å². The van der Waals surface area contributed by atoms with Crippen LogP contribution in [0, 0.1) is 0 Å². The lowest BCUT2D eigenvalue weighted by molar-refractivity contribution is 0.0942. The van der Waals surface area contributed by atoms with Crippen LogP contribution in [0.1, 0.15) is 0 Å².